The summed E-state index contributed by atoms with van der Waals surface area (Å²) < 4.78 is 13.4. The van der Waals surface area contributed by atoms with Crippen LogP contribution in [0.15, 0.2) is 12.1 Å². The molecule has 19 heavy (non-hydrogen) atoms. The predicted molar refractivity (Wildman–Crippen MR) is 74.7 cm³/mol. The fourth-order valence-electron chi connectivity index (χ4n) is 4.01. The van der Waals surface area contributed by atoms with E-state index in [2.05, 4.69) is 0 Å². The molecule has 0 radical (unpaired) electrons. The van der Waals surface area contributed by atoms with Crippen molar-refractivity contribution >= 4 is 11.6 Å². The molecule has 104 valence electrons. The molecule has 1 N–H and O–H groups in total. The van der Waals surface area contributed by atoms with Crippen molar-refractivity contribution in [1.29, 1.82) is 0 Å². The third-order valence-corrected chi connectivity index (χ3v) is 5.37. The van der Waals surface area contributed by atoms with Gasteiger partial charge in [0.05, 0.1) is 6.10 Å². The summed E-state index contributed by atoms with van der Waals surface area (Å²) in [6.45, 7) is 1.71. The van der Waals surface area contributed by atoms with Crippen LogP contribution in [0.1, 0.15) is 49.3 Å². The van der Waals surface area contributed by atoms with Crippen LogP contribution in [0.25, 0.3) is 0 Å². The lowest BCUT2D eigenvalue weighted by molar-refractivity contribution is 0.125. The summed E-state index contributed by atoms with van der Waals surface area (Å²) in [6.07, 6.45) is 5.49. The van der Waals surface area contributed by atoms with Crippen molar-refractivity contribution in [3.05, 3.63) is 34.1 Å². The van der Waals surface area contributed by atoms with E-state index in [9.17, 15) is 9.50 Å². The molecule has 0 aliphatic heterocycles. The molecule has 2 aliphatic carbocycles. The van der Waals surface area contributed by atoms with Crippen LogP contribution in [0.5, 0.6) is 0 Å². The Kier molecular flexibility index (Phi) is 3.57. The number of hydrogen-bond acceptors (Lipinski definition) is 1. The molecule has 2 fully saturated rings. The first-order chi connectivity index (χ1) is 9.04. The van der Waals surface area contributed by atoms with Crippen molar-refractivity contribution in [1.82, 2.24) is 0 Å². The average molecular weight is 283 g/mol. The second kappa shape index (κ2) is 5.06. The minimum Gasteiger partial charge on any atom is -0.388 e. The molecule has 3 rings (SSSR count). The Balaban J connectivity index is 1.73. The Morgan fingerprint density at radius 1 is 1.37 bits per heavy atom. The molecule has 4 unspecified atom stereocenters. The first-order valence-electron chi connectivity index (χ1n) is 7.18. The Bertz CT molecular complexity index is 488. The van der Waals surface area contributed by atoms with E-state index in [1.807, 2.05) is 0 Å². The van der Waals surface area contributed by atoms with Crippen LogP contribution in [0.4, 0.5) is 4.39 Å². The van der Waals surface area contributed by atoms with Gasteiger partial charge in [-0.2, -0.15) is 0 Å². The van der Waals surface area contributed by atoms with Gasteiger partial charge in [-0.1, -0.05) is 18.0 Å². The third kappa shape index (κ3) is 2.53. The smallest absolute Gasteiger partial charge is 0.127 e. The fourth-order valence-corrected chi connectivity index (χ4v) is 4.29. The van der Waals surface area contributed by atoms with Gasteiger partial charge in [0.2, 0.25) is 0 Å². The van der Waals surface area contributed by atoms with Crippen LogP contribution in [0.3, 0.4) is 0 Å². The van der Waals surface area contributed by atoms with Crippen molar-refractivity contribution in [2.75, 3.05) is 0 Å². The van der Waals surface area contributed by atoms with Crippen LogP contribution in [-0.2, 0) is 0 Å². The largest absolute Gasteiger partial charge is 0.388 e. The number of hydrogen-bond donors (Lipinski definition) is 1. The zero-order valence-corrected chi connectivity index (χ0v) is 12.0. The van der Waals surface area contributed by atoms with E-state index in [0.29, 0.717) is 22.1 Å². The summed E-state index contributed by atoms with van der Waals surface area (Å²) in [5.41, 5.74) is 1.23. The molecule has 1 aromatic rings. The molecule has 0 aromatic heterocycles. The van der Waals surface area contributed by atoms with Gasteiger partial charge in [0, 0.05) is 5.02 Å². The lowest BCUT2D eigenvalue weighted by Crippen LogP contribution is -2.14. The number of aryl methyl sites for hydroxylation is 1. The molecule has 2 bridgehead atoms. The van der Waals surface area contributed by atoms with E-state index in [1.54, 1.807) is 13.0 Å². The molecule has 0 saturated heterocycles. The zero-order valence-electron chi connectivity index (χ0n) is 11.2. The minimum atomic E-state index is -0.559. The highest BCUT2D eigenvalue weighted by molar-refractivity contribution is 6.31. The first kappa shape index (κ1) is 13.4. The molecule has 1 nitrogen and oxygen atoms in total. The maximum Gasteiger partial charge on any atom is 0.127 e. The summed E-state index contributed by atoms with van der Waals surface area (Å²) in [5.74, 6) is 1.99. The van der Waals surface area contributed by atoms with Gasteiger partial charge in [-0.25, -0.2) is 4.39 Å². The van der Waals surface area contributed by atoms with Gasteiger partial charge >= 0.3 is 0 Å². The summed E-state index contributed by atoms with van der Waals surface area (Å²) in [5, 5.41) is 10.7. The van der Waals surface area contributed by atoms with E-state index < -0.39 is 6.10 Å². The molecule has 0 amide bonds. The summed E-state index contributed by atoms with van der Waals surface area (Å²) in [4.78, 5) is 0. The normalized spacial score (nSPS) is 30.8. The monoisotopic (exact) mass is 282 g/mol. The molecule has 0 heterocycles. The van der Waals surface area contributed by atoms with Gasteiger partial charge in [-0.15, -0.1) is 0 Å². The molecular weight excluding hydrogens is 263 g/mol. The lowest BCUT2D eigenvalue weighted by atomic mass is 9.83. The number of fused-ring (bicyclic) bond motifs is 2. The predicted octanol–water partition coefficient (Wildman–Crippen LogP) is 4.65. The zero-order chi connectivity index (χ0) is 13.6. The van der Waals surface area contributed by atoms with Crippen LogP contribution in [0, 0.1) is 30.5 Å². The molecule has 1 aromatic carbocycles. The van der Waals surface area contributed by atoms with E-state index in [1.165, 1.54) is 31.7 Å². The maximum atomic E-state index is 13.4. The number of aliphatic hydroxyl groups excluding tert-OH is 1. The van der Waals surface area contributed by atoms with E-state index in [-0.39, 0.29) is 5.82 Å². The molecule has 2 aliphatic rings. The molecular formula is C16H20ClFO. The maximum absolute atomic E-state index is 13.4. The van der Waals surface area contributed by atoms with Crippen LogP contribution < -0.4 is 0 Å². The average Bonchev–Trinajstić information content (AvgIpc) is 2.95. The topological polar surface area (TPSA) is 20.2 Å². The molecule has 0 spiro atoms. The van der Waals surface area contributed by atoms with Gasteiger partial charge in [0.25, 0.3) is 0 Å². The first-order valence-corrected chi connectivity index (χ1v) is 7.56. The van der Waals surface area contributed by atoms with E-state index >= 15 is 0 Å². The number of rotatable bonds is 3. The van der Waals surface area contributed by atoms with Crippen LogP contribution in [0.2, 0.25) is 5.02 Å². The van der Waals surface area contributed by atoms with Crippen LogP contribution in [-0.4, -0.2) is 5.11 Å². The Morgan fingerprint density at radius 2 is 2.16 bits per heavy atom. The van der Waals surface area contributed by atoms with Gasteiger partial charge in [0.15, 0.2) is 0 Å². The van der Waals surface area contributed by atoms with Gasteiger partial charge < -0.3 is 5.11 Å². The van der Waals surface area contributed by atoms with Gasteiger partial charge in [0.1, 0.15) is 5.82 Å². The van der Waals surface area contributed by atoms with E-state index in [0.717, 1.165) is 18.3 Å². The summed E-state index contributed by atoms with van der Waals surface area (Å²) >= 11 is 6.06. The van der Waals surface area contributed by atoms with Crippen molar-refractivity contribution in [3.8, 4) is 0 Å². The molecule has 3 heteroatoms. The standard InChI is InChI=1S/C16H20ClFO/c1-9-4-13(14(17)8-15(9)18)16(19)7-12-6-10-2-3-11(12)5-10/h4,8,10-12,16,19H,2-3,5-7H2,1H3. The highest BCUT2D eigenvalue weighted by Gasteiger charge is 2.40. The van der Waals surface area contributed by atoms with Crippen molar-refractivity contribution < 1.29 is 9.50 Å². The van der Waals surface area contributed by atoms with Gasteiger partial charge in [-0.05, 0) is 73.6 Å². The second-order valence-electron chi connectivity index (χ2n) is 6.31. The number of benzene rings is 1. The fraction of sp³-hybridized carbons (Fsp3) is 0.625. The van der Waals surface area contributed by atoms with Crippen molar-refractivity contribution in [2.24, 2.45) is 17.8 Å². The SMILES string of the molecule is Cc1cc(C(O)CC2CC3CCC2C3)c(Cl)cc1F. The molecule has 4 atom stereocenters. The van der Waals surface area contributed by atoms with Crippen molar-refractivity contribution in [3.63, 3.8) is 0 Å². The summed E-state index contributed by atoms with van der Waals surface area (Å²) in [7, 11) is 0. The Morgan fingerprint density at radius 3 is 2.79 bits per heavy atom. The van der Waals surface area contributed by atoms with Crippen LogP contribution >= 0.6 is 11.6 Å². The van der Waals surface area contributed by atoms with E-state index in [4.69, 9.17) is 11.6 Å². The minimum absolute atomic E-state index is 0.305. The Labute approximate surface area is 118 Å². The Hall–Kier alpha value is -0.600. The van der Waals surface area contributed by atoms with Gasteiger partial charge in [-0.3, -0.25) is 0 Å². The highest BCUT2D eigenvalue weighted by Crippen LogP contribution is 2.51. The number of aliphatic hydroxyl groups is 1. The molecule has 2 saturated carbocycles. The quantitative estimate of drug-likeness (QED) is 0.856. The van der Waals surface area contributed by atoms with Crippen molar-refractivity contribution in [2.45, 2.75) is 45.1 Å². The summed E-state index contributed by atoms with van der Waals surface area (Å²) in [6, 6.07) is 3.01. The second-order valence-corrected chi connectivity index (χ2v) is 6.72. The lowest BCUT2D eigenvalue weighted by Gasteiger charge is -2.25. The number of halogens is 2. The highest BCUT2D eigenvalue weighted by atomic mass is 35.5. The third-order valence-electron chi connectivity index (χ3n) is 5.05.